The molecular weight excluding hydrogens is 663 g/mol. The minimum Gasteiger partial charge on any atom is -0.493 e. The summed E-state index contributed by atoms with van der Waals surface area (Å²) in [5, 5.41) is 16.5. The summed E-state index contributed by atoms with van der Waals surface area (Å²) >= 11 is 16.4. The molecular formula is C30H19BrCl2N4O6. The molecule has 0 saturated carbocycles. The first-order valence-electron chi connectivity index (χ1n) is 12.4. The van der Waals surface area contributed by atoms with Gasteiger partial charge < -0.3 is 14.5 Å². The largest absolute Gasteiger partial charge is 0.493 e. The summed E-state index contributed by atoms with van der Waals surface area (Å²) in [7, 11) is 1.40. The molecule has 13 heteroatoms. The van der Waals surface area contributed by atoms with Gasteiger partial charge in [0.25, 0.3) is 11.6 Å². The molecule has 216 valence electrons. The van der Waals surface area contributed by atoms with E-state index >= 15 is 0 Å². The number of methoxy groups -OCH3 is 1. The van der Waals surface area contributed by atoms with Crippen LogP contribution in [0.3, 0.4) is 0 Å². The minimum absolute atomic E-state index is 0.123. The van der Waals surface area contributed by atoms with Gasteiger partial charge in [-0.2, -0.15) is 5.10 Å². The summed E-state index contributed by atoms with van der Waals surface area (Å²) in [5.41, 5.74) is 5.02. The zero-order chi connectivity index (χ0) is 30.7. The molecule has 0 radical (unpaired) electrons. The van der Waals surface area contributed by atoms with Crippen molar-refractivity contribution in [2.24, 2.45) is 5.10 Å². The van der Waals surface area contributed by atoms with Gasteiger partial charge in [-0.25, -0.2) is 10.2 Å². The maximum atomic E-state index is 13.3. The topological polar surface area (TPSA) is 136 Å². The first-order chi connectivity index (χ1) is 20.7. The normalized spacial score (nSPS) is 11.1. The number of hydrogen-bond donors (Lipinski definition) is 2. The molecule has 5 aromatic rings. The molecule has 0 bridgehead atoms. The molecule has 0 spiro atoms. The van der Waals surface area contributed by atoms with E-state index in [9.17, 15) is 19.7 Å². The number of nitrogens with zero attached hydrogens (tertiary/aromatic N) is 2. The number of nitrogens with one attached hydrogen (secondary N) is 2. The summed E-state index contributed by atoms with van der Waals surface area (Å²) in [6.45, 7) is 0. The molecule has 0 aliphatic rings. The molecule has 0 saturated heterocycles. The Hall–Kier alpha value is -4.71. The number of ether oxygens (including phenoxy) is 2. The number of fused-ring (bicyclic) bond motifs is 1. The SMILES string of the molecule is COc1cc(C=NNC(=O)c2[nH]c3c(Cl)cc(Br)cc3c2-c2ccccc2Cl)ccc1OC(=O)c1ccc([N+](=O)[O-])cc1. The van der Waals surface area contributed by atoms with Crippen LogP contribution < -0.4 is 14.9 Å². The molecule has 0 aliphatic heterocycles. The third-order valence-corrected chi connectivity index (χ3v) is 7.36. The molecule has 0 aliphatic carbocycles. The van der Waals surface area contributed by atoms with Crippen molar-refractivity contribution in [3.8, 4) is 22.6 Å². The fourth-order valence-electron chi connectivity index (χ4n) is 4.28. The molecule has 2 N–H and O–H groups in total. The van der Waals surface area contributed by atoms with Gasteiger partial charge in [-0.05, 0) is 54.1 Å². The van der Waals surface area contributed by atoms with Crippen molar-refractivity contribution in [3.05, 3.63) is 120 Å². The number of carbonyl (C=O) groups is 2. The van der Waals surface area contributed by atoms with Crippen LogP contribution in [-0.2, 0) is 0 Å². The number of non-ortho nitro benzene ring substituents is 1. The van der Waals surface area contributed by atoms with Crippen molar-refractivity contribution < 1.29 is 24.0 Å². The summed E-state index contributed by atoms with van der Waals surface area (Å²) in [4.78, 5) is 39.3. The van der Waals surface area contributed by atoms with Crippen molar-refractivity contribution in [1.82, 2.24) is 10.4 Å². The van der Waals surface area contributed by atoms with Crippen LogP contribution in [-0.4, -0.2) is 35.1 Å². The fourth-order valence-corrected chi connectivity index (χ4v) is 5.37. The number of H-pyrrole nitrogens is 1. The lowest BCUT2D eigenvalue weighted by Crippen LogP contribution is -2.19. The molecule has 0 unspecified atom stereocenters. The minimum atomic E-state index is -0.721. The lowest BCUT2D eigenvalue weighted by atomic mass is 10.0. The number of nitro benzene ring substituents is 1. The quantitative estimate of drug-likeness (QED) is 0.0564. The van der Waals surface area contributed by atoms with Crippen molar-refractivity contribution in [1.29, 1.82) is 0 Å². The molecule has 1 amide bonds. The van der Waals surface area contributed by atoms with Gasteiger partial charge in [0.05, 0.1) is 34.4 Å². The van der Waals surface area contributed by atoms with Gasteiger partial charge in [-0.15, -0.1) is 0 Å². The number of hydrogen-bond acceptors (Lipinski definition) is 7. The van der Waals surface area contributed by atoms with Crippen LogP contribution in [0.1, 0.15) is 26.4 Å². The van der Waals surface area contributed by atoms with Gasteiger partial charge in [0, 0.05) is 38.1 Å². The van der Waals surface area contributed by atoms with E-state index in [0.29, 0.717) is 37.6 Å². The summed E-state index contributed by atoms with van der Waals surface area (Å²) in [5.74, 6) is -0.906. The zero-order valence-corrected chi connectivity index (χ0v) is 25.2. The molecule has 4 aromatic carbocycles. The molecule has 0 fully saturated rings. The average molecular weight is 682 g/mol. The van der Waals surface area contributed by atoms with E-state index in [1.165, 1.54) is 43.7 Å². The standard InChI is InChI=1S/C30H19BrCl2N4O6/c1-42-25-12-16(6-11-24(25)43-30(39)17-7-9-19(10-8-17)37(40)41)15-34-36-29(38)28-26(20-4-2-3-5-22(20)32)21-13-18(31)14-23(33)27(21)35-28/h2-15,35H,1H3,(H,36,38). The third kappa shape index (κ3) is 6.38. The Morgan fingerprint density at radius 1 is 1.00 bits per heavy atom. The smallest absolute Gasteiger partial charge is 0.343 e. The van der Waals surface area contributed by atoms with Crippen LogP contribution in [0.2, 0.25) is 10.0 Å². The van der Waals surface area contributed by atoms with Gasteiger partial charge in [0.15, 0.2) is 11.5 Å². The maximum absolute atomic E-state index is 13.3. The van der Waals surface area contributed by atoms with Gasteiger partial charge in [0.1, 0.15) is 5.69 Å². The Morgan fingerprint density at radius 2 is 1.74 bits per heavy atom. The maximum Gasteiger partial charge on any atom is 0.343 e. The lowest BCUT2D eigenvalue weighted by Gasteiger charge is -2.10. The average Bonchev–Trinajstić information content (AvgIpc) is 3.37. The lowest BCUT2D eigenvalue weighted by molar-refractivity contribution is -0.384. The molecule has 1 aromatic heterocycles. The second kappa shape index (κ2) is 12.7. The number of rotatable bonds is 8. The van der Waals surface area contributed by atoms with E-state index in [-0.39, 0.29) is 28.4 Å². The Morgan fingerprint density at radius 3 is 2.44 bits per heavy atom. The van der Waals surface area contributed by atoms with Crippen LogP contribution in [0.5, 0.6) is 11.5 Å². The molecule has 0 atom stereocenters. The highest BCUT2D eigenvalue weighted by Gasteiger charge is 2.22. The first-order valence-corrected chi connectivity index (χ1v) is 13.9. The second-order valence-electron chi connectivity index (χ2n) is 8.97. The number of aromatic amines is 1. The third-order valence-electron chi connectivity index (χ3n) is 6.28. The predicted octanol–water partition coefficient (Wildman–Crippen LogP) is 7.80. The highest BCUT2D eigenvalue weighted by molar-refractivity contribution is 9.10. The number of nitro groups is 1. The predicted molar refractivity (Wildman–Crippen MR) is 168 cm³/mol. The number of aromatic nitrogens is 1. The Labute approximate surface area is 262 Å². The van der Waals surface area contributed by atoms with E-state index < -0.39 is 16.8 Å². The van der Waals surface area contributed by atoms with Gasteiger partial charge in [-0.1, -0.05) is 57.3 Å². The highest BCUT2D eigenvalue weighted by atomic mass is 79.9. The molecule has 10 nitrogen and oxygen atoms in total. The van der Waals surface area contributed by atoms with E-state index in [2.05, 4.69) is 31.4 Å². The molecule has 5 rings (SSSR count). The monoisotopic (exact) mass is 680 g/mol. The fraction of sp³-hybridized carbons (Fsp3) is 0.0333. The van der Waals surface area contributed by atoms with Crippen molar-refractivity contribution in [3.63, 3.8) is 0 Å². The molecule has 43 heavy (non-hydrogen) atoms. The second-order valence-corrected chi connectivity index (χ2v) is 10.7. The zero-order valence-electron chi connectivity index (χ0n) is 22.1. The van der Waals surface area contributed by atoms with E-state index in [1.54, 1.807) is 30.3 Å². The van der Waals surface area contributed by atoms with Crippen LogP contribution >= 0.6 is 39.1 Å². The van der Waals surface area contributed by atoms with E-state index in [4.69, 9.17) is 32.7 Å². The first kappa shape index (κ1) is 29.8. The summed E-state index contributed by atoms with van der Waals surface area (Å²) < 4.78 is 11.5. The summed E-state index contributed by atoms with van der Waals surface area (Å²) in [6.07, 6.45) is 1.39. The van der Waals surface area contributed by atoms with Gasteiger partial charge in [0.2, 0.25) is 0 Å². The van der Waals surface area contributed by atoms with Crippen LogP contribution in [0.25, 0.3) is 22.0 Å². The number of amides is 1. The van der Waals surface area contributed by atoms with Crippen LogP contribution in [0.15, 0.2) is 88.4 Å². The van der Waals surface area contributed by atoms with Crippen LogP contribution in [0.4, 0.5) is 5.69 Å². The number of halogens is 3. The van der Waals surface area contributed by atoms with Crippen LogP contribution in [0, 0.1) is 10.1 Å². The van der Waals surface area contributed by atoms with Gasteiger partial charge >= 0.3 is 5.97 Å². The number of hydrazone groups is 1. The molecule has 1 heterocycles. The van der Waals surface area contributed by atoms with Gasteiger partial charge in [-0.3, -0.25) is 14.9 Å². The van der Waals surface area contributed by atoms with Crippen molar-refractivity contribution in [2.75, 3.05) is 7.11 Å². The highest BCUT2D eigenvalue weighted by Crippen LogP contribution is 2.40. The van der Waals surface area contributed by atoms with E-state index in [0.717, 1.165) is 4.47 Å². The Balaban J connectivity index is 1.36. The van der Waals surface area contributed by atoms with Crippen molar-refractivity contribution >= 4 is 73.8 Å². The van der Waals surface area contributed by atoms with Crippen molar-refractivity contribution in [2.45, 2.75) is 0 Å². The number of esters is 1. The number of benzene rings is 4. The summed E-state index contributed by atoms with van der Waals surface area (Å²) in [6, 6.07) is 20.4. The Bertz CT molecular complexity index is 1920. The van der Waals surface area contributed by atoms with E-state index in [1.807, 2.05) is 18.2 Å². The number of carbonyl (C=O) groups excluding carboxylic acids is 2. The Kier molecular flexibility index (Phi) is 8.76.